The van der Waals surface area contributed by atoms with Gasteiger partial charge in [0.1, 0.15) is 0 Å². The van der Waals surface area contributed by atoms with Crippen LogP contribution in [-0.4, -0.2) is 17.8 Å². The van der Waals surface area contributed by atoms with Crippen LogP contribution in [0.15, 0.2) is 28.7 Å². The number of benzene rings is 1. The second-order valence-electron chi connectivity index (χ2n) is 4.68. The molecule has 0 aliphatic heterocycles. The summed E-state index contributed by atoms with van der Waals surface area (Å²) in [6.45, 7) is 3.18. The van der Waals surface area contributed by atoms with E-state index in [2.05, 4.69) is 46.4 Å². The van der Waals surface area contributed by atoms with Crippen LogP contribution in [-0.2, 0) is 0 Å². The number of hydrogen-bond donors (Lipinski definition) is 2. The van der Waals surface area contributed by atoms with Crippen molar-refractivity contribution in [1.29, 1.82) is 0 Å². The molecule has 0 heterocycles. The van der Waals surface area contributed by atoms with Crippen LogP contribution in [0.25, 0.3) is 0 Å². The Bertz CT molecular complexity index is 350. The van der Waals surface area contributed by atoms with Crippen molar-refractivity contribution in [3.63, 3.8) is 0 Å². The van der Waals surface area contributed by atoms with E-state index in [4.69, 9.17) is 0 Å². The molecule has 16 heavy (non-hydrogen) atoms. The Morgan fingerprint density at radius 1 is 1.50 bits per heavy atom. The van der Waals surface area contributed by atoms with Gasteiger partial charge in [0.05, 0.1) is 6.10 Å². The second kappa shape index (κ2) is 5.30. The maximum atomic E-state index is 9.20. The van der Waals surface area contributed by atoms with Crippen molar-refractivity contribution in [3.05, 3.63) is 34.3 Å². The van der Waals surface area contributed by atoms with Gasteiger partial charge in [-0.05, 0) is 49.9 Å². The lowest BCUT2D eigenvalue weighted by atomic mass is 9.82. The summed E-state index contributed by atoms with van der Waals surface area (Å²) >= 11 is 3.48. The number of rotatable bonds is 4. The Morgan fingerprint density at radius 3 is 2.88 bits per heavy atom. The molecule has 1 aliphatic rings. The van der Waals surface area contributed by atoms with E-state index in [1.807, 2.05) is 6.07 Å². The average Bonchev–Trinajstić information content (AvgIpc) is 2.22. The van der Waals surface area contributed by atoms with Gasteiger partial charge in [0.15, 0.2) is 0 Å². The third-order valence-corrected chi connectivity index (χ3v) is 3.77. The molecule has 1 aromatic rings. The van der Waals surface area contributed by atoms with Crippen LogP contribution in [0.3, 0.4) is 0 Å². The molecule has 2 nitrogen and oxygen atoms in total. The van der Waals surface area contributed by atoms with Crippen LogP contribution >= 0.6 is 15.9 Å². The summed E-state index contributed by atoms with van der Waals surface area (Å²) in [6, 6.07) is 8.75. The molecular formula is C13H18BrNO. The average molecular weight is 284 g/mol. The Kier molecular flexibility index (Phi) is 4.00. The Labute approximate surface area is 105 Å². The third-order valence-electron chi connectivity index (χ3n) is 3.27. The van der Waals surface area contributed by atoms with Crippen LogP contribution in [0.5, 0.6) is 0 Å². The first-order valence-electron chi connectivity index (χ1n) is 5.82. The highest BCUT2D eigenvalue weighted by Gasteiger charge is 2.26. The molecule has 1 aliphatic carbocycles. The standard InChI is InChI=1S/C13H18BrNO/c1-9(11-3-2-4-12(14)7-11)15-8-10-5-13(16)6-10/h2-4,7,9-10,13,15-16H,5-6,8H2,1H3. The Morgan fingerprint density at radius 2 is 2.25 bits per heavy atom. The van der Waals surface area contributed by atoms with E-state index < -0.39 is 0 Å². The fourth-order valence-electron chi connectivity index (χ4n) is 2.10. The largest absolute Gasteiger partial charge is 0.393 e. The summed E-state index contributed by atoms with van der Waals surface area (Å²) in [5.74, 6) is 0.657. The summed E-state index contributed by atoms with van der Waals surface area (Å²) in [4.78, 5) is 0. The molecule has 2 rings (SSSR count). The quantitative estimate of drug-likeness (QED) is 0.891. The van der Waals surface area contributed by atoms with Gasteiger partial charge in [-0.3, -0.25) is 0 Å². The number of nitrogens with one attached hydrogen (secondary N) is 1. The van der Waals surface area contributed by atoms with E-state index >= 15 is 0 Å². The number of aliphatic hydroxyl groups excluding tert-OH is 1. The summed E-state index contributed by atoms with van der Waals surface area (Å²) in [6.07, 6.45) is 1.86. The maximum Gasteiger partial charge on any atom is 0.0546 e. The first-order chi connectivity index (χ1) is 7.65. The highest BCUT2D eigenvalue weighted by molar-refractivity contribution is 9.10. The van der Waals surface area contributed by atoms with Gasteiger partial charge in [-0.1, -0.05) is 28.1 Å². The van der Waals surface area contributed by atoms with Gasteiger partial charge in [-0.2, -0.15) is 0 Å². The molecule has 1 fully saturated rings. The number of halogens is 1. The van der Waals surface area contributed by atoms with Crippen molar-refractivity contribution in [3.8, 4) is 0 Å². The van der Waals surface area contributed by atoms with Crippen LogP contribution < -0.4 is 5.32 Å². The zero-order chi connectivity index (χ0) is 11.5. The monoisotopic (exact) mass is 283 g/mol. The first kappa shape index (κ1) is 12.1. The summed E-state index contributed by atoms with van der Waals surface area (Å²) < 4.78 is 1.12. The lowest BCUT2D eigenvalue weighted by Gasteiger charge is -2.32. The fourth-order valence-corrected chi connectivity index (χ4v) is 2.52. The number of hydrogen-bond acceptors (Lipinski definition) is 2. The van der Waals surface area contributed by atoms with Crippen molar-refractivity contribution in [2.75, 3.05) is 6.54 Å². The lowest BCUT2D eigenvalue weighted by molar-refractivity contribution is 0.0420. The fraction of sp³-hybridized carbons (Fsp3) is 0.538. The van der Waals surface area contributed by atoms with Crippen LogP contribution in [0.2, 0.25) is 0 Å². The van der Waals surface area contributed by atoms with E-state index in [-0.39, 0.29) is 6.10 Å². The molecule has 0 aromatic heterocycles. The van der Waals surface area contributed by atoms with Crippen molar-refractivity contribution in [2.45, 2.75) is 31.9 Å². The molecule has 88 valence electrons. The van der Waals surface area contributed by atoms with E-state index in [9.17, 15) is 5.11 Å². The highest BCUT2D eigenvalue weighted by atomic mass is 79.9. The molecule has 0 bridgehead atoms. The van der Waals surface area contributed by atoms with Gasteiger partial charge in [0.25, 0.3) is 0 Å². The normalized spacial score (nSPS) is 26.2. The van der Waals surface area contributed by atoms with E-state index in [0.717, 1.165) is 23.9 Å². The molecule has 0 amide bonds. The van der Waals surface area contributed by atoms with Gasteiger partial charge >= 0.3 is 0 Å². The minimum absolute atomic E-state index is 0.0482. The van der Waals surface area contributed by atoms with Gasteiger partial charge in [0.2, 0.25) is 0 Å². The van der Waals surface area contributed by atoms with Gasteiger partial charge in [-0.15, -0.1) is 0 Å². The maximum absolute atomic E-state index is 9.20. The van der Waals surface area contributed by atoms with Gasteiger partial charge in [0, 0.05) is 10.5 Å². The Hall–Kier alpha value is -0.380. The molecular weight excluding hydrogens is 266 g/mol. The molecule has 0 radical (unpaired) electrons. The molecule has 1 unspecified atom stereocenters. The van der Waals surface area contributed by atoms with Crippen molar-refractivity contribution >= 4 is 15.9 Å². The van der Waals surface area contributed by atoms with Crippen LogP contribution in [0.1, 0.15) is 31.4 Å². The predicted molar refractivity (Wildman–Crippen MR) is 69.3 cm³/mol. The molecule has 0 spiro atoms. The first-order valence-corrected chi connectivity index (χ1v) is 6.61. The summed E-state index contributed by atoms with van der Waals surface area (Å²) in [7, 11) is 0. The van der Waals surface area contributed by atoms with Crippen LogP contribution in [0, 0.1) is 5.92 Å². The summed E-state index contributed by atoms with van der Waals surface area (Å²) in [5, 5.41) is 12.7. The zero-order valence-corrected chi connectivity index (χ0v) is 11.1. The predicted octanol–water partition coefficient (Wildman–Crippen LogP) is 2.87. The SMILES string of the molecule is CC(NCC1CC(O)C1)c1cccc(Br)c1. The van der Waals surface area contributed by atoms with Crippen molar-refractivity contribution < 1.29 is 5.11 Å². The third kappa shape index (κ3) is 3.06. The molecule has 1 saturated carbocycles. The summed E-state index contributed by atoms with van der Waals surface area (Å²) in [5.41, 5.74) is 1.30. The van der Waals surface area contributed by atoms with Crippen LogP contribution in [0.4, 0.5) is 0 Å². The van der Waals surface area contributed by atoms with E-state index in [1.165, 1.54) is 5.56 Å². The highest BCUT2D eigenvalue weighted by Crippen LogP contribution is 2.27. The van der Waals surface area contributed by atoms with Crippen molar-refractivity contribution in [1.82, 2.24) is 5.32 Å². The van der Waals surface area contributed by atoms with Crippen molar-refractivity contribution in [2.24, 2.45) is 5.92 Å². The molecule has 2 N–H and O–H groups in total. The molecule has 3 heteroatoms. The molecule has 0 saturated heterocycles. The van der Waals surface area contributed by atoms with Gasteiger partial charge < -0.3 is 10.4 Å². The smallest absolute Gasteiger partial charge is 0.0546 e. The second-order valence-corrected chi connectivity index (χ2v) is 5.59. The van der Waals surface area contributed by atoms with E-state index in [0.29, 0.717) is 12.0 Å². The minimum Gasteiger partial charge on any atom is -0.393 e. The van der Waals surface area contributed by atoms with Gasteiger partial charge in [-0.25, -0.2) is 0 Å². The van der Waals surface area contributed by atoms with E-state index in [1.54, 1.807) is 0 Å². The lowest BCUT2D eigenvalue weighted by Crippen LogP contribution is -2.36. The molecule has 1 atom stereocenters. The number of aliphatic hydroxyl groups is 1. The topological polar surface area (TPSA) is 32.3 Å². The minimum atomic E-state index is -0.0482. The Balaban J connectivity index is 1.81. The molecule has 1 aromatic carbocycles. The zero-order valence-electron chi connectivity index (χ0n) is 9.49.